The van der Waals surface area contributed by atoms with Crippen molar-refractivity contribution in [1.29, 1.82) is 0 Å². The summed E-state index contributed by atoms with van der Waals surface area (Å²) in [6.07, 6.45) is 3.39. The first-order valence-electron chi connectivity index (χ1n) is 5.24. The predicted molar refractivity (Wildman–Crippen MR) is 62.7 cm³/mol. The van der Waals surface area contributed by atoms with Crippen LogP contribution in [0.5, 0.6) is 0 Å². The van der Waals surface area contributed by atoms with Crippen LogP contribution in [0.25, 0.3) is 0 Å². The maximum Gasteiger partial charge on any atom is 0.237 e. The van der Waals surface area contributed by atoms with Gasteiger partial charge in [0.15, 0.2) is 0 Å². The third-order valence-electron chi connectivity index (χ3n) is 2.33. The van der Waals surface area contributed by atoms with Gasteiger partial charge >= 0.3 is 0 Å². The van der Waals surface area contributed by atoms with E-state index in [9.17, 15) is 4.79 Å². The Hall–Kier alpha value is -1.62. The van der Waals surface area contributed by atoms with Crippen molar-refractivity contribution in [3.05, 3.63) is 30.6 Å². The second-order valence-electron chi connectivity index (χ2n) is 3.58. The van der Waals surface area contributed by atoms with Crippen molar-refractivity contribution in [3.63, 3.8) is 0 Å². The molecule has 5 heteroatoms. The highest BCUT2D eigenvalue weighted by Gasteiger charge is 2.11. The summed E-state index contributed by atoms with van der Waals surface area (Å²) in [5.41, 5.74) is 1.04. The average Bonchev–Trinajstić information content (AvgIpc) is 2.68. The molecule has 1 heterocycles. The zero-order valence-corrected chi connectivity index (χ0v) is 9.73. The molecule has 0 aromatic carbocycles. The zero-order chi connectivity index (χ0) is 12.0. The van der Waals surface area contributed by atoms with Crippen LogP contribution in [-0.4, -0.2) is 28.3 Å². The standard InChI is InChI=1S/C11H18N4O/c1-4-6-12-11(16)9(2)13-8-10-5-7-14-15(10)3/h4-5,7,9,13H,1,6,8H2,2-3H3,(H,12,16). The SMILES string of the molecule is C=CCNC(=O)C(C)NCc1ccnn1C. The highest BCUT2D eigenvalue weighted by molar-refractivity contribution is 5.81. The van der Waals surface area contributed by atoms with Gasteiger partial charge in [-0.1, -0.05) is 6.08 Å². The fourth-order valence-electron chi connectivity index (χ4n) is 1.25. The Morgan fingerprint density at radius 1 is 1.75 bits per heavy atom. The Morgan fingerprint density at radius 3 is 3.06 bits per heavy atom. The molecule has 2 N–H and O–H groups in total. The highest BCUT2D eigenvalue weighted by atomic mass is 16.2. The van der Waals surface area contributed by atoms with Crippen LogP contribution in [0.4, 0.5) is 0 Å². The van der Waals surface area contributed by atoms with Crippen molar-refractivity contribution in [2.75, 3.05) is 6.54 Å². The molecule has 0 aliphatic carbocycles. The van der Waals surface area contributed by atoms with Gasteiger partial charge in [0, 0.05) is 26.3 Å². The van der Waals surface area contributed by atoms with Gasteiger partial charge in [-0.15, -0.1) is 6.58 Å². The van der Waals surface area contributed by atoms with Crippen LogP contribution in [0.3, 0.4) is 0 Å². The number of aromatic nitrogens is 2. The molecule has 88 valence electrons. The third-order valence-corrected chi connectivity index (χ3v) is 2.33. The number of rotatable bonds is 6. The second kappa shape index (κ2) is 6.07. The van der Waals surface area contributed by atoms with E-state index < -0.39 is 0 Å². The summed E-state index contributed by atoms with van der Waals surface area (Å²) in [5.74, 6) is -0.0259. The van der Waals surface area contributed by atoms with E-state index in [0.717, 1.165) is 5.69 Å². The van der Waals surface area contributed by atoms with Crippen LogP contribution >= 0.6 is 0 Å². The zero-order valence-electron chi connectivity index (χ0n) is 9.73. The summed E-state index contributed by atoms with van der Waals surface area (Å²) in [5, 5.41) is 9.91. The summed E-state index contributed by atoms with van der Waals surface area (Å²) < 4.78 is 1.78. The lowest BCUT2D eigenvalue weighted by Gasteiger charge is -2.13. The molecular weight excluding hydrogens is 204 g/mol. The van der Waals surface area contributed by atoms with Crippen LogP contribution in [-0.2, 0) is 18.4 Å². The lowest BCUT2D eigenvalue weighted by atomic mass is 10.3. The summed E-state index contributed by atoms with van der Waals surface area (Å²) in [6, 6.07) is 1.69. The summed E-state index contributed by atoms with van der Waals surface area (Å²) >= 11 is 0. The largest absolute Gasteiger partial charge is 0.351 e. The third kappa shape index (κ3) is 3.51. The molecule has 0 saturated heterocycles. The van der Waals surface area contributed by atoms with Gasteiger partial charge in [-0.2, -0.15) is 5.10 Å². The number of carbonyl (C=O) groups is 1. The maximum absolute atomic E-state index is 11.5. The van der Waals surface area contributed by atoms with Gasteiger partial charge in [-0.3, -0.25) is 9.48 Å². The molecule has 0 spiro atoms. The smallest absolute Gasteiger partial charge is 0.237 e. The molecule has 0 fully saturated rings. The van der Waals surface area contributed by atoms with Crippen molar-refractivity contribution in [2.24, 2.45) is 7.05 Å². The second-order valence-corrected chi connectivity index (χ2v) is 3.58. The molecule has 1 aromatic rings. The number of nitrogens with one attached hydrogen (secondary N) is 2. The molecular formula is C11H18N4O. The van der Waals surface area contributed by atoms with Crippen molar-refractivity contribution in [1.82, 2.24) is 20.4 Å². The number of carbonyl (C=O) groups excluding carboxylic acids is 1. The molecule has 1 amide bonds. The van der Waals surface area contributed by atoms with Crippen LogP contribution in [0.15, 0.2) is 24.9 Å². The highest BCUT2D eigenvalue weighted by Crippen LogP contribution is 1.96. The van der Waals surface area contributed by atoms with Crippen molar-refractivity contribution in [3.8, 4) is 0 Å². The normalized spacial score (nSPS) is 12.1. The Balaban J connectivity index is 2.35. The fourth-order valence-corrected chi connectivity index (χ4v) is 1.25. The Labute approximate surface area is 95.5 Å². The minimum atomic E-state index is -0.227. The van der Waals surface area contributed by atoms with E-state index in [2.05, 4.69) is 22.3 Å². The maximum atomic E-state index is 11.5. The van der Waals surface area contributed by atoms with Gasteiger partial charge in [0.2, 0.25) is 5.91 Å². The fraction of sp³-hybridized carbons (Fsp3) is 0.455. The van der Waals surface area contributed by atoms with Gasteiger partial charge < -0.3 is 10.6 Å². The van der Waals surface area contributed by atoms with E-state index in [1.807, 2.05) is 20.0 Å². The molecule has 1 rings (SSSR count). The first kappa shape index (κ1) is 12.4. The van der Waals surface area contributed by atoms with E-state index in [1.54, 1.807) is 17.0 Å². The lowest BCUT2D eigenvalue weighted by Crippen LogP contribution is -2.42. The number of aryl methyl sites for hydroxylation is 1. The van der Waals surface area contributed by atoms with Gasteiger partial charge in [0.25, 0.3) is 0 Å². The summed E-state index contributed by atoms with van der Waals surface area (Å²) in [4.78, 5) is 11.5. The first-order chi connectivity index (χ1) is 7.65. The van der Waals surface area contributed by atoms with Crippen LogP contribution in [0.2, 0.25) is 0 Å². The van der Waals surface area contributed by atoms with Gasteiger partial charge in [-0.05, 0) is 13.0 Å². The van der Waals surface area contributed by atoms with Crippen molar-refractivity contribution in [2.45, 2.75) is 19.5 Å². The molecule has 1 aromatic heterocycles. The molecule has 0 aliphatic heterocycles. The van der Waals surface area contributed by atoms with Gasteiger partial charge in [0.1, 0.15) is 0 Å². The number of amides is 1. The molecule has 5 nitrogen and oxygen atoms in total. The van der Waals surface area contributed by atoms with E-state index in [0.29, 0.717) is 13.1 Å². The molecule has 1 atom stereocenters. The lowest BCUT2D eigenvalue weighted by molar-refractivity contribution is -0.122. The molecule has 1 unspecified atom stereocenters. The topological polar surface area (TPSA) is 59.0 Å². The predicted octanol–water partition coefficient (Wildman–Crippen LogP) is 0.200. The van der Waals surface area contributed by atoms with Crippen LogP contribution in [0.1, 0.15) is 12.6 Å². The van der Waals surface area contributed by atoms with E-state index in [-0.39, 0.29) is 11.9 Å². The molecule has 0 radical (unpaired) electrons. The Bertz CT molecular complexity index is 359. The van der Waals surface area contributed by atoms with E-state index in [4.69, 9.17) is 0 Å². The minimum absolute atomic E-state index is 0.0259. The summed E-state index contributed by atoms with van der Waals surface area (Å²) in [7, 11) is 1.87. The minimum Gasteiger partial charge on any atom is -0.351 e. The Morgan fingerprint density at radius 2 is 2.50 bits per heavy atom. The molecule has 0 saturated carbocycles. The average molecular weight is 222 g/mol. The quantitative estimate of drug-likeness (QED) is 0.676. The number of nitrogens with zero attached hydrogens (tertiary/aromatic N) is 2. The van der Waals surface area contributed by atoms with Crippen molar-refractivity contribution < 1.29 is 4.79 Å². The van der Waals surface area contributed by atoms with Gasteiger partial charge in [-0.25, -0.2) is 0 Å². The van der Waals surface area contributed by atoms with Crippen molar-refractivity contribution >= 4 is 5.91 Å². The van der Waals surface area contributed by atoms with E-state index in [1.165, 1.54) is 0 Å². The van der Waals surface area contributed by atoms with Crippen LogP contribution in [0, 0.1) is 0 Å². The first-order valence-corrected chi connectivity index (χ1v) is 5.24. The number of hydrogen-bond acceptors (Lipinski definition) is 3. The molecule has 0 bridgehead atoms. The monoisotopic (exact) mass is 222 g/mol. The van der Waals surface area contributed by atoms with Crippen LogP contribution < -0.4 is 10.6 Å². The number of hydrogen-bond donors (Lipinski definition) is 2. The van der Waals surface area contributed by atoms with Gasteiger partial charge in [0.05, 0.1) is 11.7 Å². The van der Waals surface area contributed by atoms with E-state index >= 15 is 0 Å². The molecule has 16 heavy (non-hydrogen) atoms. The molecule has 0 aliphatic rings. The Kier molecular flexibility index (Phi) is 4.72. The summed E-state index contributed by atoms with van der Waals surface area (Å²) in [6.45, 7) is 6.49.